The number of rotatable bonds is 8. The number of pyridine rings is 1. The first kappa shape index (κ1) is 23.4. The Morgan fingerprint density at radius 3 is 2.56 bits per heavy atom. The van der Waals surface area contributed by atoms with E-state index in [9.17, 15) is 4.79 Å². The van der Waals surface area contributed by atoms with Crippen LogP contribution in [0.2, 0.25) is 0 Å². The fourth-order valence-corrected chi connectivity index (χ4v) is 4.73. The van der Waals surface area contributed by atoms with Crippen molar-refractivity contribution in [1.29, 1.82) is 0 Å². The third-order valence-corrected chi connectivity index (χ3v) is 6.52. The molecule has 0 amide bonds. The molecule has 0 unspecified atom stereocenters. The molecule has 0 aliphatic carbocycles. The highest BCUT2D eigenvalue weighted by Crippen LogP contribution is 2.29. The first-order valence-electron chi connectivity index (χ1n) is 12.3. The molecule has 3 heterocycles. The summed E-state index contributed by atoms with van der Waals surface area (Å²) in [5, 5.41) is 14.4. The number of nitrogens with zero attached hydrogens (tertiary/aromatic N) is 6. The monoisotopic (exact) mass is 479 g/mol. The van der Waals surface area contributed by atoms with Crippen molar-refractivity contribution in [3.63, 3.8) is 0 Å². The van der Waals surface area contributed by atoms with Gasteiger partial charge in [-0.1, -0.05) is 62.7 Å². The maximum Gasteiger partial charge on any atom is 0.333 e. The normalized spacial score (nSPS) is 11.2. The molecule has 0 atom stereocenters. The lowest BCUT2D eigenvalue weighted by molar-refractivity contribution is 0.691. The van der Waals surface area contributed by atoms with Crippen LogP contribution >= 0.6 is 0 Å². The first-order chi connectivity index (χ1) is 17.6. The SMILES string of the molecule is CCCc1cn(-c2c(C)cccc2CC)c(=O)n1Cc1ccc(-c2ccncc2-c2nn[nH]n2)cc1. The Morgan fingerprint density at radius 1 is 1.00 bits per heavy atom. The average molecular weight is 480 g/mol. The van der Waals surface area contributed by atoms with Crippen LogP contribution in [0.4, 0.5) is 0 Å². The van der Waals surface area contributed by atoms with Crippen LogP contribution in [0.25, 0.3) is 28.2 Å². The summed E-state index contributed by atoms with van der Waals surface area (Å²) in [6, 6.07) is 16.4. The zero-order valence-corrected chi connectivity index (χ0v) is 20.8. The summed E-state index contributed by atoms with van der Waals surface area (Å²) in [6.45, 7) is 6.85. The molecule has 8 nitrogen and oxygen atoms in total. The number of H-pyrrole nitrogens is 1. The molecule has 8 heteroatoms. The number of nitrogens with one attached hydrogen (secondary N) is 1. The molecule has 0 bridgehead atoms. The number of aromatic amines is 1. The summed E-state index contributed by atoms with van der Waals surface area (Å²) in [4.78, 5) is 17.9. The molecule has 0 saturated carbocycles. The number of hydrogen-bond acceptors (Lipinski definition) is 5. The quantitative estimate of drug-likeness (QED) is 0.347. The Hall–Kier alpha value is -4.33. The first-order valence-corrected chi connectivity index (χ1v) is 12.3. The number of para-hydroxylation sites is 1. The van der Waals surface area contributed by atoms with Crippen LogP contribution in [0.1, 0.15) is 42.7 Å². The van der Waals surface area contributed by atoms with Gasteiger partial charge in [0.2, 0.25) is 5.82 Å². The maximum atomic E-state index is 13.7. The van der Waals surface area contributed by atoms with Crippen LogP contribution < -0.4 is 5.69 Å². The summed E-state index contributed by atoms with van der Waals surface area (Å²) < 4.78 is 3.74. The van der Waals surface area contributed by atoms with Crippen LogP contribution in [0, 0.1) is 6.92 Å². The smallest absolute Gasteiger partial charge is 0.292 e. The van der Waals surface area contributed by atoms with Gasteiger partial charge < -0.3 is 0 Å². The van der Waals surface area contributed by atoms with Gasteiger partial charge in [-0.2, -0.15) is 5.21 Å². The third-order valence-electron chi connectivity index (χ3n) is 6.52. The largest absolute Gasteiger partial charge is 0.333 e. The Labute approximate surface area is 209 Å². The third kappa shape index (κ3) is 4.37. The van der Waals surface area contributed by atoms with Gasteiger partial charge in [0, 0.05) is 29.8 Å². The van der Waals surface area contributed by atoms with Gasteiger partial charge in [0.25, 0.3) is 0 Å². The summed E-state index contributed by atoms with van der Waals surface area (Å²) in [5.41, 5.74) is 8.20. The number of tetrazole rings is 1. The highest BCUT2D eigenvalue weighted by Gasteiger charge is 2.17. The second-order valence-corrected chi connectivity index (χ2v) is 8.90. The van der Waals surface area contributed by atoms with Crippen LogP contribution in [-0.2, 0) is 19.4 Å². The van der Waals surface area contributed by atoms with Crippen molar-refractivity contribution in [2.45, 2.75) is 46.6 Å². The number of hydrogen-bond donors (Lipinski definition) is 1. The fraction of sp³-hybridized carbons (Fsp3) is 0.250. The molecule has 0 spiro atoms. The van der Waals surface area contributed by atoms with E-state index in [-0.39, 0.29) is 5.69 Å². The standard InChI is InChI=1S/C28H29N7O/c1-4-7-23-18-35(26-19(3)8-6-9-21(26)5-2)28(36)34(23)17-20-10-12-22(13-11-20)24-14-15-29-16-25(24)27-30-32-33-31-27/h6,8-16,18H,4-5,7,17H2,1-3H3,(H,30,31,32,33). The van der Waals surface area contributed by atoms with Crippen LogP contribution in [-0.4, -0.2) is 34.7 Å². The highest BCUT2D eigenvalue weighted by atomic mass is 16.1. The predicted molar refractivity (Wildman–Crippen MR) is 140 cm³/mol. The average Bonchev–Trinajstić information content (AvgIpc) is 3.54. The lowest BCUT2D eigenvalue weighted by Gasteiger charge is -2.11. The Kier molecular flexibility index (Phi) is 6.58. The molecule has 0 radical (unpaired) electrons. The van der Waals surface area contributed by atoms with Crippen molar-refractivity contribution in [1.82, 2.24) is 34.7 Å². The summed E-state index contributed by atoms with van der Waals surface area (Å²) in [6.07, 6.45) is 8.21. The van der Waals surface area contributed by atoms with Gasteiger partial charge in [0.15, 0.2) is 0 Å². The van der Waals surface area contributed by atoms with Gasteiger partial charge >= 0.3 is 5.69 Å². The zero-order chi connectivity index (χ0) is 25.1. The van der Waals surface area contributed by atoms with Gasteiger partial charge in [0.05, 0.1) is 12.2 Å². The van der Waals surface area contributed by atoms with E-state index in [1.54, 1.807) is 12.4 Å². The van der Waals surface area contributed by atoms with E-state index in [4.69, 9.17) is 0 Å². The Bertz CT molecular complexity index is 1530. The molecule has 36 heavy (non-hydrogen) atoms. The zero-order valence-electron chi connectivity index (χ0n) is 20.8. The van der Waals surface area contributed by atoms with Crippen LogP contribution in [0.3, 0.4) is 0 Å². The van der Waals surface area contributed by atoms with Crippen LogP contribution in [0.5, 0.6) is 0 Å². The van der Waals surface area contributed by atoms with Gasteiger partial charge in [-0.05, 0) is 58.9 Å². The van der Waals surface area contributed by atoms with E-state index < -0.39 is 0 Å². The molecule has 0 fully saturated rings. The topological polar surface area (TPSA) is 94.3 Å². The second kappa shape index (κ2) is 10.1. The van der Waals surface area contributed by atoms with E-state index >= 15 is 0 Å². The van der Waals surface area contributed by atoms with E-state index in [0.29, 0.717) is 12.4 Å². The van der Waals surface area contributed by atoms with Crippen molar-refractivity contribution in [2.24, 2.45) is 0 Å². The predicted octanol–water partition coefficient (Wildman–Crippen LogP) is 4.75. The second-order valence-electron chi connectivity index (χ2n) is 8.90. The Morgan fingerprint density at radius 2 is 1.83 bits per heavy atom. The summed E-state index contributed by atoms with van der Waals surface area (Å²) in [5.74, 6) is 0.502. The molecule has 5 rings (SSSR count). The van der Waals surface area contributed by atoms with Crippen molar-refractivity contribution < 1.29 is 0 Å². The van der Waals surface area contributed by atoms with Gasteiger partial charge in [-0.15, -0.1) is 10.2 Å². The lowest BCUT2D eigenvalue weighted by atomic mass is 10.00. The highest BCUT2D eigenvalue weighted by molar-refractivity contribution is 5.79. The molecule has 0 aliphatic heterocycles. The Balaban J connectivity index is 1.50. The van der Waals surface area contributed by atoms with E-state index in [1.807, 2.05) is 21.4 Å². The summed E-state index contributed by atoms with van der Waals surface area (Å²) in [7, 11) is 0. The molecule has 5 aromatic rings. The van der Waals surface area contributed by atoms with E-state index in [1.165, 1.54) is 5.56 Å². The molecular formula is C28H29N7O. The molecule has 1 N–H and O–H groups in total. The minimum absolute atomic E-state index is 0.0000491. The number of benzene rings is 2. The van der Waals surface area contributed by atoms with Gasteiger partial charge in [0.1, 0.15) is 0 Å². The minimum atomic E-state index is 0.0000491. The molecule has 0 saturated heterocycles. The molecular weight excluding hydrogens is 450 g/mol. The van der Waals surface area contributed by atoms with Gasteiger partial charge in [-0.3, -0.25) is 14.1 Å². The lowest BCUT2D eigenvalue weighted by Crippen LogP contribution is -2.25. The molecule has 2 aromatic carbocycles. The summed E-state index contributed by atoms with van der Waals surface area (Å²) >= 11 is 0. The van der Waals surface area contributed by atoms with Gasteiger partial charge in [-0.25, -0.2) is 4.79 Å². The molecule has 0 aliphatic rings. The number of aromatic nitrogens is 7. The van der Waals surface area contributed by atoms with Crippen molar-refractivity contribution in [3.8, 4) is 28.2 Å². The molecule has 182 valence electrons. The van der Waals surface area contributed by atoms with Crippen molar-refractivity contribution in [3.05, 3.63) is 100.0 Å². The van der Waals surface area contributed by atoms with E-state index in [2.05, 4.69) is 88.8 Å². The van der Waals surface area contributed by atoms with E-state index in [0.717, 1.165) is 58.5 Å². The van der Waals surface area contributed by atoms with Crippen LogP contribution in [0.15, 0.2) is 71.9 Å². The van der Waals surface area contributed by atoms with Crippen molar-refractivity contribution >= 4 is 0 Å². The minimum Gasteiger partial charge on any atom is -0.292 e. The number of imidazole rings is 1. The number of aryl methyl sites for hydroxylation is 3. The van der Waals surface area contributed by atoms with Crippen molar-refractivity contribution in [2.75, 3.05) is 0 Å². The maximum absolute atomic E-state index is 13.7. The fourth-order valence-electron chi connectivity index (χ4n) is 4.73. The molecule has 3 aromatic heterocycles.